The SMILES string of the molecule is CN(CCO)CCOB(O)c1ccc(Br)cc1. The molecule has 0 radical (unpaired) electrons. The number of hydrogen-bond acceptors (Lipinski definition) is 4. The Balaban J connectivity index is 2.29. The van der Waals surface area contributed by atoms with Crippen molar-refractivity contribution in [1.82, 2.24) is 4.90 Å². The largest absolute Gasteiger partial charge is 0.491 e. The van der Waals surface area contributed by atoms with Crippen LogP contribution >= 0.6 is 15.9 Å². The number of hydrogen-bond donors (Lipinski definition) is 2. The molecule has 0 aliphatic rings. The van der Waals surface area contributed by atoms with Crippen molar-refractivity contribution in [3.05, 3.63) is 28.7 Å². The number of rotatable bonds is 7. The first-order valence-corrected chi connectivity index (χ1v) is 6.27. The molecular weight excluding hydrogens is 285 g/mol. The average Bonchev–Trinajstić information content (AvgIpc) is 2.30. The molecule has 17 heavy (non-hydrogen) atoms. The van der Waals surface area contributed by atoms with Crippen molar-refractivity contribution in [1.29, 1.82) is 0 Å². The molecule has 0 saturated heterocycles. The summed E-state index contributed by atoms with van der Waals surface area (Å²) in [6.45, 7) is 1.84. The van der Waals surface area contributed by atoms with Gasteiger partial charge in [-0.3, -0.25) is 0 Å². The highest BCUT2D eigenvalue weighted by atomic mass is 79.9. The molecule has 0 aliphatic carbocycles. The van der Waals surface area contributed by atoms with Gasteiger partial charge in [0.1, 0.15) is 0 Å². The molecule has 0 spiro atoms. The van der Waals surface area contributed by atoms with Crippen molar-refractivity contribution < 1.29 is 14.8 Å². The second-order valence-electron chi connectivity index (χ2n) is 3.80. The molecule has 0 atom stereocenters. The fourth-order valence-electron chi connectivity index (χ4n) is 1.33. The molecule has 0 aromatic heterocycles. The molecule has 0 fully saturated rings. The van der Waals surface area contributed by atoms with Gasteiger partial charge in [0, 0.05) is 24.2 Å². The predicted octanol–water partition coefficient (Wildman–Crippen LogP) is 0.0773. The summed E-state index contributed by atoms with van der Waals surface area (Å²) in [6, 6.07) is 7.35. The van der Waals surface area contributed by atoms with Crippen LogP contribution in [0.25, 0.3) is 0 Å². The molecule has 1 aromatic carbocycles. The minimum atomic E-state index is -0.898. The first kappa shape index (κ1) is 14.7. The second-order valence-corrected chi connectivity index (χ2v) is 4.72. The van der Waals surface area contributed by atoms with E-state index >= 15 is 0 Å². The molecule has 6 heteroatoms. The Morgan fingerprint density at radius 1 is 1.29 bits per heavy atom. The Bertz CT molecular complexity index is 323. The highest BCUT2D eigenvalue weighted by molar-refractivity contribution is 9.10. The van der Waals surface area contributed by atoms with E-state index in [-0.39, 0.29) is 6.61 Å². The number of nitrogens with zero attached hydrogens (tertiary/aromatic N) is 1. The third-order valence-electron chi connectivity index (χ3n) is 2.39. The normalized spacial score (nSPS) is 10.9. The summed E-state index contributed by atoms with van der Waals surface area (Å²) in [5, 5.41) is 18.5. The van der Waals surface area contributed by atoms with Crippen LogP contribution in [0.2, 0.25) is 0 Å². The number of halogens is 1. The molecule has 94 valence electrons. The lowest BCUT2D eigenvalue weighted by molar-refractivity contribution is 0.183. The van der Waals surface area contributed by atoms with Gasteiger partial charge >= 0.3 is 7.12 Å². The van der Waals surface area contributed by atoms with Crippen LogP contribution in [-0.4, -0.2) is 55.5 Å². The van der Waals surface area contributed by atoms with Gasteiger partial charge in [-0.05, 0) is 24.6 Å². The number of benzene rings is 1. The number of likely N-dealkylation sites (N-methyl/N-ethyl adjacent to an activating group) is 1. The molecule has 2 N–H and O–H groups in total. The van der Waals surface area contributed by atoms with Crippen LogP contribution in [0.4, 0.5) is 0 Å². The maximum atomic E-state index is 9.75. The van der Waals surface area contributed by atoms with E-state index in [0.717, 1.165) is 9.94 Å². The summed E-state index contributed by atoms with van der Waals surface area (Å²) in [5.74, 6) is 0. The fourth-order valence-corrected chi connectivity index (χ4v) is 1.59. The van der Waals surface area contributed by atoms with Gasteiger partial charge in [-0.2, -0.15) is 0 Å². The highest BCUT2D eigenvalue weighted by Gasteiger charge is 2.15. The Labute approximate surface area is 110 Å². The molecule has 0 amide bonds. The molecule has 1 rings (SSSR count). The molecule has 0 heterocycles. The number of aliphatic hydroxyl groups is 1. The lowest BCUT2D eigenvalue weighted by Crippen LogP contribution is -2.36. The minimum absolute atomic E-state index is 0.131. The Morgan fingerprint density at radius 3 is 2.53 bits per heavy atom. The summed E-state index contributed by atoms with van der Waals surface area (Å²) in [4.78, 5) is 1.94. The lowest BCUT2D eigenvalue weighted by atomic mass is 9.80. The van der Waals surface area contributed by atoms with Crippen LogP contribution in [-0.2, 0) is 4.65 Å². The van der Waals surface area contributed by atoms with Gasteiger partial charge in [0.05, 0.1) is 6.61 Å². The maximum absolute atomic E-state index is 9.75. The van der Waals surface area contributed by atoms with Gasteiger partial charge in [0.15, 0.2) is 0 Å². The molecule has 0 saturated carbocycles. The smallest absolute Gasteiger partial charge is 0.423 e. The summed E-state index contributed by atoms with van der Waals surface area (Å²) in [5.41, 5.74) is 0.734. The fraction of sp³-hybridized carbons (Fsp3) is 0.455. The van der Waals surface area contributed by atoms with E-state index in [2.05, 4.69) is 15.9 Å². The summed E-state index contributed by atoms with van der Waals surface area (Å²) < 4.78 is 6.27. The zero-order valence-electron chi connectivity index (χ0n) is 9.84. The first-order valence-electron chi connectivity index (χ1n) is 5.48. The third-order valence-corrected chi connectivity index (χ3v) is 2.91. The quantitative estimate of drug-likeness (QED) is 0.700. The average molecular weight is 302 g/mol. The summed E-state index contributed by atoms with van der Waals surface area (Å²) in [6.07, 6.45) is 0. The first-order chi connectivity index (χ1) is 8.13. The van der Waals surface area contributed by atoms with E-state index in [0.29, 0.717) is 19.7 Å². The van der Waals surface area contributed by atoms with E-state index in [1.165, 1.54) is 0 Å². The molecular formula is C11H17BBrNO3. The number of aliphatic hydroxyl groups excluding tert-OH is 1. The Kier molecular flexibility index (Phi) is 6.76. The topological polar surface area (TPSA) is 52.9 Å². The van der Waals surface area contributed by atoms with Crippen molar-refractivity contribution in [2.24, 2.45) is 0 Å². The predicted molar refractivity (Wildman–Crippen MR) is 72.3 cm³/mol. The van der Waals surface area contributed by atoms with Crippen molar-refractivity contribution in [2.75, 3.05) is 33.4 Å². The van der Waals surface area contributed by atoms with Gasteiger partial charge in [0.2, 0.25) is 0 Å². The maximum Gasteiger partial charge on any atom is 0.491 e. The molecule has 4 nitrogen and oxygen atoms in total. The minimum Gasteiger partial charge on any atom is -0.423 e. The van der Waals surface area contributed by atoms with E-state index in [9.17, 15) is 5.02 Å². The van der Waals surface area contributed by atoms with Crippen molar-refractivity contribution >= 4 is 28.5 Å². The third kappa shape index (κ3) is 5.65. The summed E-state index contributed by atoms with van der Waals surface area (Å²) >= 11 is 3.33. The van der Waals surface area contributed by atoms with E-state index in [4.69, 9.17) is 9.76 Å². The molecule has 0 unspecified atom stereocenters. The Hall–Kier alpha value is -0.395. The van der Waals surface area contributed by atoms with Crippen LogP contribution in [0, 0.1) is 0 Å². The molecule has 0 aliphatic heterocycles. The van der Waals surface area contributed by atoms with Crippen LogP contribution in [0.1, 0.15) is 0 Å². The summed E-state index contributed by atoms with van der Waals surface area (Å²) in [7, 11) is 0.997. The van der Waals surface area contributed by atoms with Gasteiger partial charge in [-0.25, -0.2) is 0 Å². The van der Waals surface area contributed by atoms with Gasteiger partial charge in [-0.1, -0.05) is 28.1 Å². The monoisotopic (exact) mass is 301 g/mol. The van der Waals surface area contributed by atoms with Crippen molar-refractivity contribution in [2.45, 2.75) is 0 Å². The second kappa shape index (κ2) is 7.84. The van der Waals surface area contributed by atoms with Crippen LogP contribution in [0.5, 0.6) is 0 Å². The Morgan fingerprint density at radius 2 is 1.94 bits per heavy atom. The highest BCUT2D eigenvalue weighted by Crippen LogP contribution is 2.05. The lowest BCUT2D eigenvalue weighted by Gasteiger charge is -2.16. The standard InChI is InChI=1S/C11H17BBrNO3/c1-14(6-8-15)7-9-17-12(16)10-2-4-11(13)5-3-10/h2-5,15-16H,6-9H2,1H3. The molecule has 1 aromatic rings. The molecule has 0 bridgehead atoms. The zero-order valence-corrected chi connectivity index (χ0v) is 11.4. The van der Waals surface area contributed by atoms with Gasteiger partial charge < -0.3 is 19.7 Å². The van der Waals surface area contributed by atoms with Crippen LogP contribution in [0.3, 0.4) is 0 Å². The van der Waals surface area contributed by atoms with E-state index in [1.54, 1.807) is 0 Å². The zero-order chi connectivity index (χ0) is 12.7. The van der Waals surface area contributed by atoms with Crippen LogP contribution in [0.15, 0.2) is 28.7 Å². The van der Waals surface area contributed by atoms with Crippen molar-refractivity contribution in [3.63, 3.8) is 0 Å². The van der Waals surface area contributed by atoms with Crippen LogP contribution < -0.4 is 5.46 Å². The van der Waals surface area contributed by atoms with Gasteiger partial charge in [-0.15, -0.1) is 0 Å². The van der Waals surface area contributed by atoms with Gasteiger partial charge in [0.25, 0.3) is 0 Å². The van der Waals surface area contributed by atoms with E-state index < -0.39 is 7.12 Å². The van der Waals surface area contributed by atoms with Crippen molar-refractivity contribution in [3.8, 4) is 0 Å². The van der Waals surface area contributed by atoms with E-state index in [1.807, 2.05) is 36.2 Å².